The van der Waals surface area contributed by atoms with Gasteiger partial charge < -0.3 is 15.7 Å². The van der Waals surface area contributed by atoms with Crippen molar-refractivity contribution in [1.29, 1.82) is 5.26 Å². The summed E-state index contributed by atoms with van der Waals surface area (Å²) in [6.07, 6.45) is 1.25. The van der Waals surface area contributed by atoms with E-state index in [1.165, 1.54) is 24.4 Å². The molecule has 0 fully saturated rings. The average molecular weight is 325 g/mol. The second-order valence-electron chi connectivity index (χ2n) is 5.10. The molecule has 0 aliphatic heterocycles. The molecular weight excluding hydrogens is 309 g/mol. The zero-order valence-electron chi connectivity index (χ0n) is 13.0. The standard InChI is InChI=1S/C18H16FN3O2/c1-12-8-15(23)6-7-17(12)22-18(24)14(9-20)11-21-10-13-4-2-3-5-16(13)19/h2-8,11,21,23H,10H2,1H3,(H,22,24)/b14-11-. The highest BCUT2D eigenvalue weighted by Gasteiger charge is 2.11. The second kappa shape index (κ2) is 7.79. The Morgan fingerprint density at radius 2 is 2.08 bits per heavy atom. The molecule has 2 aromatic rings. The van der Waals surface area contributed by atoms with Crippen LogP contribution >= 0.6 is 0 Å². The summed E-state index contributed by atoms with van der Waals surface area (Å²) in [7, 11) is 0. The number of anilines is 1. The maximum atomic E-state index is 13.5. The van der Waals surface area contributed by atoms with E-state index in [0.29, 0.717) is 16.8 Å². The third-order valence-electron chi connectivity index (χ3n) is 3.32. The lowest BCUT2D eigenvalue weighted by Crippen LogP contribution is -2.17. The molecule has 0 aliphatic rings. The van der Waals surface area contributed by atoms with Crippen LogP contribution < -0.4 is 10.6 Å². The summed E-state index contributed by atoms with van der Waals surface area (Å²) in [6, 6.07) is 12.5. The number of rotatable bonds is 5. The lowest BCUT2D eigenvalue weighted by atomic mass is 10.1. The average Bonchev–Trinajstić information content (AvgIpc) is 2.55. The largest absolute Gasteiger partial charge is 0.508 e. The topological polar surface area (TPSA) is 85.2 Å². The number of nitrogens with zero attached hydrogens (tertiary/aromatic N) is 1. The van der Waals surface area contributed by atoms with Gasteiger partial charge in [-0.15, -0.1) is 0 Å². The van der Waals surface area contributed by atoms with Crippen LogP contribution in [-0.2, 0) is 11.3 Å². The highest BCUT2D eigenvalue weighted by atomic mass is 19.1. The Morgan fingerprint density at radius 1 is 1.33 bits per heavy atom. The molecule has 0 atom stereocenters. The fourth-order valence-electron chi connectivity index (χ4n) is 2.03. The number of nitrogens with one attached hydrogen (secondary N) is 2. The molecule has 2 rings (SSSR count). The molecule has 0 spiro atoms. The smallest absolute Gasteiger partial charge is 0.267 e. The second-order valence-corrected chi connectivity index (χ2v) is 5.10. The molecule has 0 saturated carbocycles. The van der Waals surface area contributed by atoms with Crippen molar-refractivity contribution in [2.24, 2.45) is 0 Å². The Bertz CT molecular complexity index is 825. The van der Waals surface area contributed by atoms with Gasteiger partial charge in [0.25, 0.3) is 5.91 Å². The molecule has 3 N–H and O–H groups in total. The molecule has 0 radical (unpaired) electrons. The quantitative estimate of drug-likeness (QED) is 0.448. The molecule has 0 saturated heterocycles. The molecule has 0 heterocycles. The lowest BCUT2D eigenvalue weighted by molar-refractivity contribution is -0.112. The Labute approximate surface area is 139 Å². The fourth-order valence-corrected chi connectivity index (χ4v) is 2.03. The molecule has 2 aromatic carbocycles. The van der Waals surface area contributed by atoms with Gasteiger partial charge in [0.15, 0.2) is 0 Å². The van der Waals surface area contributed by atoms with Gasteiger partial charge in [0, 0.05) is 24.0 Å². The monoisotopic (exact) mass is 325 g/mol. The first-order valence-electron chi connectivity index (χ1n) is 7.19. The summed E-state index contributed by atoms with van der Waals surface area (Å²) in [5.74, 6) is -0.860. The summed E-state index contributed by atoms with van der Waals surface area (Å²) in [4.78, 5) is 12.1. The van der Waals surface area contributed by atoms with Crippen molar-refractivity contribution in [1.82, 2.24) is 5.32 Å². The fraction of sp³-hybridized carbons (Fsp3) is 0.111. The van der Waals surface area contributed by atoms with Crippen LogP contribution in [0, 0.1) is 24.1 Å². The molecule has 0 unspecified atom stereocenters. The Balaban J connectivity index is 2.03. The summed E-state index contributed by atoms with van der Waals surface area (Å²) in [5, 5.41) is 23.8. The first kappa shape index (κ1) is 17.0. The number of nitriles is 1. The van der Waals surface area contributed by atoms with Gasteiger partial charge in [-0.3, -0.25) is 4.79 Å². The molecule has 0 aliphatic carbocycles. The minimum absolute atomic E-state index is 0.0908. The normalized spacial score (nSPS) is 10.8. The zero-order chi connectivity index (χ0) is 17.5. The predicted molar refractivity (Wildman–Crippen MR) is 88.4 cm³/mol. The minimum Gasteiger partial charge on any atom is -0.508 e. The number of phenolic OH excluding ortho intramolecular Hbond substituents is 1. The molecule has 24 heavy (non-hydrogen) atoms. The van der Waals surface area contributed by atoms with Gasteiger partial charge in [-0.25, -0.2) is 4.39 Å². The molecular formula is C18H16FN3O2. The van der Waals surface area contributed by atoms with E-state index in [1.807, 2.05) is 0 Å². The minimum atomic E-state index is -0.590. The summed E-state index contributed by atoms with van der Waals surface area (Å²) >= 11 is 0. The Kier molecular flexibility index (Phi) is 5.53. The number of aryl methyl sites for hydroxylation is 1. The van der Waals surface area contributed by atoms with Crippen LogP contribution in [0.4, 0.5) is 10.1 Å². The van der Waals surface area contributed by atoms with Gasteiger partial charge >= 0.3 is 0 Å². The van der Waals surface area contributed by atoms with Crippen molar-refractivity contribution in [3.63, 3.8) is 0 Å². The number of phenols is 1. The van der Waals surface area contributed by atoms with E-state index in [4.69, 9.17) is 5.26 Å². The number of carbonyl (C=O) groups excluding carboxylic acids is 1. The molecule has 6 heteroatoms. The van der Waals surface area contributed by atoms with Crippen molar-refractivity contribution >= 4 is 11.6 Å². The SMILES string of the molecule is Cc1cc(O)ccc1NC(=O)/C(C#N)=C\NCc1ccccc1F. The number of benzene rings is 2. The van der Waals surface area contributed by atoms with Crippen molar-refractivity contribution < 1.29 is 14.3 Å². The van der Waals surface area contributed by atoms with Gasteiger partial charge in [-0.05, 0) is 36.8 Å². The summed E-state index contributed by atoms with van der Waals surface area (Å²) in [6.45, 7) is 1.88. The number of hydrogen-bond acceptors (Lipinski definition) is 4. The van der Waals surface area contributed by atoms with Gasteiger partial charge in [0.1, 0.15) is 23.2 Å². The van der Waals surface area contributed by atoms with E-state index in [-0.39, 0.29) is 23.7 Å². The van der Waals surface area contributed by atoms with Crippen LogP contribution in [0.1, 0.15) is 11.1 Å². The van der Waals surface area contributed by atoms with Crippen molar-refractivity contribution in [3.05, 3.63) is 71.2 Å². The van der Waals surface area contributed by atoms with E-state index >= 15 is 0 Å². The first-order chi connectivity index (χ1) is 11.5. The van der Waals surface area contributed by atoms with E-state index in [2.05, 4.69) is 10.6 Å². The van der Waals surface area contributed by atoms with Crippen molar-refractivity contribution in [2.75, 3.05) is 5.32 Å². The van der Waals surface area contributed by atoms with Crippen molar-refractivity contribution in [2.45, 2.75) is 13.5 Å². The third-order valence-corrected chi connectivity index (χ3v) is 3.32. The highest BCUT2D eigenvalue weighted by Crippen LogP contribution is 2.20. The Hall–Kier alpha value is -3.33. The first-order valence-corrected chi connectivity index (χ1v) is 7.19. The van der Waals surface area contributed by atoms with E-state index in [0.717, 1.165) is 0 Å². The maximum absolute atomic E-state index is 13.5. The molecule has 0 aromatic heterocycles. The third kappa shape index (κ3) is 4.34. The van der Waals surface area contributed by atoms with Crippen LogP contribution in [0.25, 0.3) is 0 Å². The number of halogens is 1. The van der Waals surface area contributed by atoms with Gasteiger partial charge in [0.2, 0.25) is 0 Å². The van der Waals surface area contributed by atoms with Crippen LogP contribution in [-0.4, -0.2) is 11.0 Å². The lowest BCUT2D eigenvalue weighted by Gasteiger charge is -2.08. The number of amides is 1. The van der Waals surface area contributed by atoms with E-state index < -0.39 is 5.91 Å². The van der Waals surface area contributed by atoms with Gasteiger partial charge in [0.05, 0.1) is 0 Å². The van der Waals surface area contributed by atoms with Crippen LogP contribution in [0.15, 0.2) is 54.2 Å². The zero-order valence-corrected chi connectivity index (χ0v) is 13.0. The van der Waals surface area contributed by atoms with Crippen LogP contribution in [0.5, 0.6) is 5.75 Å². The van der Waals surface area contributed by atoms with Crippen molar-refractivity contribution in [3.8, 4) is 11.8 Å². The Morgan fingerprint density at radius 3 is 2.75 bits per heavy atom. The van der Waals surface area contributed by atoms with Gasteiger partial charge in [-0.1, -0.05) is 18.2 Å². The maximum Gasteiger partial charge on any atom is 0.267 e. The molecule has 122 valence electrons. The molecule has 5 nitrogen and oxygen atoms in total. The summed E-state index contributed by atoms with van der Waals surface area (Å²) in [5.41, 5.74) is 1.45. The number of carbonyl (C=O) groups is 1. The molecule has 1 amide bonds. The van der Waals surface area contributed by atoms with Gasteiger partial charge in [-0.2, -0.15) is 5.26 Å². The summed E-state index contributed by atoms with van der Waals surface area (Å²) < 4.78 is 13.5. The van der Waals surface area contributed by atoms with Crippen LogP contribution in [0.3, 0.4) is 0 Å². The van der Waals surface area contributed by atoms with E-state index in [9.17, 15) is 14.3 Å². The van der Waals surface area contributed by atoms with Crippen LogP contribution in [0.2, 0.25) is 0 Å². The number of hydrogen-bond donors (Lipinski definition) is 3. The number of aromatic hydroxyl groups is 1. The van der Waals surface area contributed by atoms with E-state index in [1.54, 1.807) is 37.3 Å². The molecule has 0 bridgehead atoms. The highest BCUT2D eigenvalue weighted by molar-refractivity contribution is 6.06. The predicted octanol–water partition coefficient (Wildman–Crippen LogP) is 2.98.